The lowest BCUT2D eigenvalue weighted by molar-refractivity contribution is 0.177. The number of benzene rings is 2. The fourth-order valence-electron chi connectivity index (χ4n) is 6.16. The van der Waals surface area contributed by atoms with E-state index in [1.54, 1.807) is 17.1 Å². The summed E-state index contributed by atoms with van der Waals surface area (Å²) < 4.78 is 18.2. The molecule has 0 amide bonds. The van der Waals surface area contributed by atoms with Crippen LogP contribution in [0.1, 0.15) is 62.2 Å². The van der Waals surface area contributed by atoms with Crippen molar-refractivity contribution in [3.63, 3.8) is 0 Å². The normalized spacial score (nSPS) is 18.6. The summed E-state index contributed by atoms with van der Waals surface area (Å²) in [6, 6.07) is 14.2. The summed E-state index contributed by atoms with van der Waals surface area (Å²) in [6.45, 7) is 7.73. The Morgan fingerprint density at radius 3 is 2.71 bits per heavy atom. The minimum Gasteiger partial charge on any atom is -0.399 e. The highest BCUT2D eigenvalue weighted by molar-refractivity contribution is 7.84. The Bertz CT molecular complexity index is 1710. The molecular weight excluding hydrogens is 546 g/mol. The monoisotopic (exact) mass is 583 g/mol. The van der Waals surface area contributed by atoms with E-state index in [0.29, 0.717) is 29.4 Å². The molecule has 0 bridgehead atoms. The predicted molar refractivity (Wildman–Crippen MR) is 167 cm³/mol. The number of nitrogens with two attached hydrogens (primary N) is 1. The number of aliphatic hydroxyl groups is 1. The molecule has 1 saturated heterocycles. The highest BCUT2D eigenvalue weighted by Gasteiger charge is 2.49. The van der Waals surface area contributed by atoms with E-state index in [1.165, 1.54) is 11.1 Å². The molecule has 3 heterocycles. The van der Waals surface area contributed by atoms with E-state index >= 15 is 0 Å². The van der Waals surface area contributed by atoms with Gasteiger partial charge in [-0.05, 0) is 80.7 Å². The van der Waals surface area contributed by atoms with Crippen LogP contribution in [-0.2, 0) is 30.6 Å². The van der Waals surface area contributed by atoms with Crippen LogP contribution in [0.3, 0.4) is 0 Å². The number of nitrogens with zero attached hydrogens (tertiary/aromatic N) is 5. The van der Waals surface area contributed by atoms with Crippen LogP contribution in [0.15, 0.2) is 54.9 Å². The van der Waals surface area contributed by atoms with Gasteiger partial charge in [-0.2, -0.15) is 5.10 Å². The molecule has 2 aromatic heterocycles. The first-order valence-electron chi connectivity index (χ1n) is 14.3. The predicted octanol–water partition coefficient (Wildman–Crippen LogP) is 3.89. The maximum absolute atomic E-state index is 13.2. The third-order valence-corrected chi connectivity index (χ3v) is 10.0. The third-order valence-electron chi connectivity index (χ3n) is 8.45. The zero-order chi connectivity index (χ0) is 29.5. The van der Waals surface area contributed by atoms with E-state index < -0.39 is 11.0 Å². The van der Waals surface area contributed by atoms with Crippen molar-refractivity contribution in [2.75, 3.05) is 23.7 Å². The quantitative estimate of drug-likeness (QED) is 0.241. The van der Waals surface area contributed by atoms with Gasteiger partial charge in [0.2, 0.25) is 0 Å². The second-order valence-electron chi connectivity index (χ2n) is 12.3. The van der Waals surface area contributed by atoms with E-state index in [-0.39, 0.29) is 22.8 Å². The summed E-state index contributed by atoms with van der Waals surface area (Å²) in [5.74, 6) is 6.89. The first-order valence-corrected chi connectivity index (χ1v) is 15.5. The first kappa shape index (κ1) is 28.3. The fourth-order valence-corrected chi connectivity index (χ4v) is 7.10. The number of hydrogen-bond acceptors (Lipinski definition) is 7. The Balaban J connectivity index is 1.17. The molecule has 1 aliphatic carbocycles. The molecule has 6 rings (SSSR count). The minimum absolute atomic E-state index is 0.0271. The van der Waals surface area contributed by atoms with E-state index in [2.05, 4.69) is 55.8 Å². The van der Waals surface area contributed by atoms with Gasteiger partial charge >= 0.3 is 0 Å². The van der Waals surface area contributed by atoms with Gasteiger partial charge in [-0.1, -0.05) is 30.2 Å². The van der Waals surface area contributed by atoms with Crippen molar-refractivity contribution in [2.24, 2.45) is 5.41 Å². The molecule has 2 aromatic carbocycles. The van der Waals surface area contributed by atoms with Crippen molar-refractivity contribution in [3.8, 4) is 11.8 Å². The SMILES string of the molecule is CC(C)(C)S(=O)N[C@@H]1c2ccccc2CC12CCN(c1ncc(C#CCn3ncc4ccc(N)cc43)nc1CO)CC2. The molecule has 4 N–H and O–H groups in total. The van der Waals surface area contributed by atoms with Crippen LogP contribution < -0.4 is 15.4 Å². The summed E-state index contributed by atoms with van der Waals surface area (Å²) in [5, 5.41) is 15.6. The summed E-state index contributed by atoms with van der Waals surface area (Å²) in [6.07, 6.45) is 6.26. The van der Waals surface area contributed by atoms with Gasteiger partial charge in [0, 0.05) is 24.2 Å². The number of rotatable bonds is 5. The van der Waals surface area contributed by atoms with Crippen molar-refractivity contribution in [3.05, 3.63) is 77.4 Å². The molecule has 1 fully saturated rings. The molecule has 1 unspecified atom stereocenters. The van der Waals surface area contributed by atoms with Gasteiger partial charge in [-0.3, -0.25) is 4.68 Å². The van der Waals surface area contributed by atoms with Crippen LogP contribution in [-0.4, -0.2) is 46.9 Å². The van der Waals surface area contributed by atoms with Crippen molar-refractivity contribution in [1.29, 1.82) is 0 Å². The topological polar surface area (TPSA) is 122 Å². The van der Waals surface area contributed by atoms with E-state index in [4.69, 9.17) is 10.7 Å². The standard InChI is InChI=1S/C32H37N7O2S/c1-31(2,3)42(41)37-29-26-9-5-4-7-22(26)18-32(29)12-15-38(16-13-32)30-27(21-40)36-25(20-34-30)8-6-14-39-28-17-24(33)11-10-23(28)19-35-39/h4-5,7,9-11,17,19-20,29,37,40H,12-16,18,21,33H2,1-3H3/t29-,42?/m1/s1. The van der Waals surface area contributed by atoms with Crippen LogP contribution in [0.4, 0.5) is 11.5 Å². The highest BCUT2D eigenvalue weighted by Crippen LogP contribution is 2.52. The Labute approximate surface area is 249 Å². The number of fused-ring (bicyclic) bond motifs is 2. The maximum Gasteiger partial charge on any atom is 0.152 e. The molecule has 4 aromatic rings. The van der Waals surface area contributed by atoms with Gasteiger partial charge in [-0.15, -0.1) is 0 Å². The van der Waals surface area contributed by atoms with Crippen LogP contribution in [0.5, 0.6) is 0 Å². The van der Waals surface area contributed by atoms with Gasteiger partial charge in [-0.25, -0.2) is 18.9 Å². The zero-order valence-corrected chi connectivity index (χ0v) is 25.1. The molecule has 0 radical (unpaired) electrons. The second kappa shape index (κ2) is 11.1. The van der Waals surface area contributed by atoms with Crippen LogP contribution in [0.25, 0.3) is 10.9 Å². The lowest BCUT2D eigenvalue weighted by Crippen LogP contribution is -2.48. The summed E-state index contributed by atoms with van der Waals surface area (Å²) in [4.78, 5) is 11.5. The lowest BCUT2D eigenvalue weighted by Gasteiger charge is -2.44. The fraction of sp³-hybridized carbons (Fsp3) is 0.406. The number of hydrogen-bond donors (Lipinski definition) is 3. The highest BCUT2D eigenvalue weighted by atomic mass is 32.2. The Morgan fingerprint density at radius 1 is 1.17 bits per heavy atom. The van der Waals surface area contributed by atoms with E-state index in [9.17, 15) is 9.32 Å². The molecule has 42 heavy (non-hydrogen) atoms. The zero-order valence-electron chi connectivity index (χ0n) is 24.3. The Kier molecular flexibility index (Phi) is 7.51. The molecule has 2 aliphatic rings. The summed E-state index contributed by atoms with van der Waals surface area (Å²) in [5.41, 5.74) is 11.1. The largest absolute Gasteiger partial charge is 0.399 e. The molecule has 2 atom stereocenters. The van der Waals surface area contributed by atoms with Crippen LogP contribution in [0.2, 0.25) is 0 Å². The number of nitrogens with one attached hydrogen (secondary N) is 1. The number of aromatic nitrogens is 4. The molecule has 1 spiro atoms. The number of aliphatic hydroxyl groups excluding tert-OH is 1. The molecule has 10 heteroatoms. The average Bonchev–Trinajstić information content (AvgIpc) is 3.51. The van der Waals surface area contributed by atoms with E-state index in [0.717, 1.165) is 43.3 Å². The van der Waals surface area contributed by atoms with Gasteiger partial charge in [0.1, 0.15) is 17.9 Å². The molecule has 1 aliphatic heterocycles. The molecule has 9 nitrogen and oxygen atoms in total. The Hall–Kier alpha value is -3.78. The van der Waals surface area contributed by atoms with Crippen molar-refractivity contribution in [2.45, 2.75) is 64.0 Å². The number of piperidine rings is 1. The van der Waals surface area contributed by atoms with Gasteiger partial charge in [0.25, 0.3) is 0 Å². The van der Waals surface area contributed by atoms with Gasteiger partial charge < -0.3 is 15.7 Å². The van der Waals surface area contributed by atoms with Gasteiger partial charge in [0.15, 0.2) is 5.82 Å². The molecular formula is C32H37N7O2S. The minimum atomic E-state index is -1.18. The smallest absolute Gasteiger partial charge is 0.152 e. The number of anilines is 2. The summed E-state index contributed by atoms with van der Waals surface area (Å²) >= 11 is 0. The van der Waals surface area contributed by atoms with E-state index in [1.807, 2.05) is 39.0 Å². The van der Waals surface area contributed by atoms with Crippen molar-refractivity contribution in [1.82, 2.24) is 24.5 Å². The molecule has 0 saturated carbocycles. The van der Waals surface area contributed by atoms with Crippen LogP contribution in [0, 0.1) is 17.3 Å². The Morgan fingerprint density at radius 2 is 1.95 bits per heavy atom. The first-order chi connectivity index (χ1) is 20.2. The van der Waals surface area contributed by atoms with Gasteiger partial charge in [0.05, 0.1) is 46.3 Å². The average molecular weight is 584 g/mol. The lowest BCUT2D eigenvalue weighted by atomic mass is 9.73. The second-order valence-corrected chi connectivity index (χ2v) is 14.3. The molecule has 218 valence electrons. The van der Waals surface area contributed by atoms with Crippen molar-refractivity contribution >= 4 is 33.4 Å². The number of nitrogen functional groups attached to an aromatic ring is 1. The maximum atomic E-state index is 13.2. The summed E-state index contributed by atoms with van der Waals surface area (Å²) in [7, 11) is -1.18. The van der Waals surface area contributed by atoms with Crippen LogP contribution >= 0.6 is 0 Å². The van der Waals surface area contributed by atoms with Crippen molar-refractivity contribution < 1.29 is 9.32 Å². The third kappa shape index (κ3) is 5.40.